The van der Waals surface area contributed by atoms with Gasteiger partial charge in [0.15, 0.2) is 6.61 Å². The number of ether oxygens (including phenoxy) is 1. The van der Waals surface area contributed by atoms with Crippen LogP contribution in [-0.4, -0.2) is 35.8 Å². The molecule has 0 aromatic heterocycles. The molecule has 1 atom stereocenters. The lowest BCUT2D eigenvalue weighted by Crippen LogP contribution is -2.39. The quantitative estimate of drug-likeness (QED) is 0.928. The van der Waals surface area contributed by atoms with Crippen molar-refractivity contribution >= 4 is 6.09 Å². The Balaban J connectivity index is 2.13. The smallest absolute Gasteiger partial charge is 0.407 e. The number of benzene rings is 1. The van der Waals surface area contributed by atoms with Crippen LogP contribution in [0.15, 0.2) is 12.1 Å². The second kappa shape index (κ2) is 7.12. The predicted octanol–water partition coefficient (Wildman–Crippen LogP) is 2.97. The van der Waals surface area contributed by atoms with Crippen molar-refractivity contribution in [2.75, 3.05) is 19.7 Å². The number of amides is 1. The molecule has 0 bridgehead atoms. The monoisotopic (exact) mass is 306 g/mol. The topological polar surface area (TPSA) is 73.6 Å². The van der Waals surface area contributed by atoms with E-state index in [1.54, 1.807) is 0 Å². The van der Waals surface area contributed by atoms with Gasteiger partial charge < -0.3 is 14.7 Å². The fraction of sp³-hybridized carbons (Fsp3) is 0.500. The number of piperidine rings is 1. The largest absolute Gasteiger partial charge is 0.478 e. The van der Waals surface area contributed by atoms with Crippen LogP contribution < -0.4 is 4.74 Å². The summed E-state index contributed by atoms with van der Waals surface area (Å²) in [7, 11) is 0. The summed E-state index contributed by atoms with van der Waals surface area (Å²) in [5.41, 5.74) is 1.62. The summed E-state index contributed by atoms with van der Waals surface area (Å²) in [4.78, 5) is 12.5. The van der Waals surface area contributed by atoms with Gasteiger partial charge in [-0.15, -0.1) is 0 Å². The Labute approximate surface area is 128 Å². The van der Waals surface area contributed by atoms with Crippen molar-refractivity contribution in [1.29, 1.82) is 5.26 Å². The fourth-order valence-corrected chi connectivity index (χ4v) is 2.90. The zero-order valence-electron chi connectivity index (χ0n) is 12.5. The number of rotatable bonds is 4. The van der Waals surface area contributed by atoms with Gasteiger partial charge in [-0.2, -0.15) is 5.26 Å². The van der Waals surface area contributed by atoms with E-state index in [1.165, 1.54) is 17.0 Å². The number of carbonyl (C=O) groups is 1. The molecule has 0 saturated carbocycles. The lowest BCUT2D eigenvalue weighted by Gasteiger charge is -2.31. The van der Waals surface area contributed by atoms with Crippen LogP contribution in [0.1, 0.15) is 24.0 Å². The van der Waals surface area contributed by atoms with Gasteiger partial charge in [0.25, 0.3) is 0 Å². The molecule has 6 heteroatoms. The molecular formula is C16H19FN2O3. The van der Waals surface area contributed by atoms with E-state index >= 15 is 0 Å². The number of halogens is 1. The summed E-state index contributed by atoms with van der Waals surface area (Å²) < 4.78 is 19.0. The standard InChI is InChI=1S/C16H19FN2O3/c1-11-13(8-14(17)9-15(11)22-6-4-18)7-12-3-2-5-19(10-12)16(20)21/h8-9,12H,2-3,5-7,10H2,1H3,(H,20,21)/t12-/m1/s1. The number of likely N-dealkylation sites (tertiary alicyclic amines) is 1. The van der Waals surface area contributed by atoms with Gasteiger partial charge in [0.2, 0.25) is 0 Å². The maximum Gasteiger partial charge on any atom is 0.407 e. The molecule has 0 spiro atoms. The number of nitrogens with zero attached hydrogens (tertiary/aromatic N) is 2. The van der Waals surface area contributed by atoms with E-state index in [9.17, 15) is 9.18 Å². The van der Waals surface area contributed by atoms with Gasteiger partial charge in [0.1, 0.15) is 17.6 Å². The van der Waals surface area contributed by atoms with Crippen LogP contribution >= 0.6 is 0 Å². The van der Waals surface area contributed by atoms with Crippen LogP contribution in [0.3, 0.4) is 0 Å². The molecule has 118 valence electrons. The fourth-order valence-electron chi connectivity index (χ4n) is 2.90. The van der Waals surface area contributed by atoms with Crippen molar-refractivity contribution in [2.45, 2.75) is 26.2 Å². The van der Waals surface area contributed by atoms with Crippen molar-refractivity contribution in [1.82, 2.24) is 4.90 Å². The molecule has 5 nitrogen and oxygen atoms in total. The normalized spacial score (nSPS) is 17.9. The Morgan fingerprint density at radius 2 is 2.36 bits per heavy atom. The van der Waals surface area contributed by atoms with E-state index in [2.05, 4.69) is 0 Å². The third-order valence-corrected chi connectivity index (χ3v) is 4.02. The molecule has 2 rings (SSSR count). The number of nitriles is 1. The van der Waals surface area contributed by atoms with Gasteiger partial charge >= 0.3 is 6.09 Å². The van der Waals surface area contributed by atoms with Crippen LogP contribution in [0.25, 0.3) is 0 Å². The summed E-state index contributed by atoms with van der Waals surface area (Å²) in [6.07, 6.45) is 1.45. The van der Waals surface area contributed by atoms with Crippen molar-refractivity contribution in [3.05, 3.63) is 29.1 Å². The Bertz CT molecular complexity index is 598. The van der Waals surface area contributed by atoms with E-state index in [0.717, 1.165) is 24.0 Å². The SMILES string of the molecule is Cc1c(C[C@H]2CCCN(C(=O)O)C2)cc(F)cc1OCC#N. The lowest BCUT2D eigenvalue weighted by molar-refractivity contribution is 0.120. The lowest BCUT2D eigenvalue weighted by atomic mass is 9.89. The minimum absolute atomic E-state index is 0.125. The third kappa shape index (κ3) is 3.88. The average Bonchev–Trinajstić information content (AvgIpc) is 2.49. The highest BCUT2D eigenvalue weighted by Gasteiger charge is 2.24. The van der Waals surface area contributed by atoms with Gasteiger partial charge in [0.05, 0.1) is 0 Å². The highest BCUT2D eigenvalue weighted by atomic mass is 19.1. The molecule has 1 aliphatic rings. The first-order valence-electron chi connectivity index (χ1n) is 7.28. The molecule has 1 fully saturated rings. The molecule has 1 heterocycles. The molecule has 0 unspecified atom stereocenters. The van der Waals surface area contributed by atoms with E-state index in [-0.39, 0.29) is 12.5 Å². The summed E-state index contributed by atoms with van der Waals surface area (Å²) in [6.45, 7) is 2.74. The first-order chi connectivity index (χ1) is 10.5. The molecule has 0 radical (unpaired) electrons. The predicted molar refractivity (Wildman–Crippen MR) is 78.3 cm³/mol. The molecule has 0 aliphatic carbocycles. The molecule has 1 aromatic rings. The molecular weight excluding hydrogens is 287 g/mol. The Kier molecular flexibility index (Phi) is 5.21. The van der Waals surface area contributed by atoms with Gasteiger partial charge in [-0.25, -0.2) is 9.18 Å². The average molecular weight is 306 g/mol. The maximum absolute atomic E-state index is 13.7. The zero-order valence-corrected chi connectivity index (χ0v) is 12.5. The Hall–Kier alpha value is -2.29. The van der Waals surface area contributed by atoms with Gasteiger partial charge in [0, 0.05) is 19.2 Å². The van der Waals surface area contributed by atoms with E-state index in [4.69, 9.17) is 15.1 Å². The Morgan fingerprint density at radius 3 is 3.05 bits per heavy atom. The van der Waals surface area contributed by atoms with Crippen LogP contribution in [0.4, 0.5) is 9.18 Å². The zero-order chi connectivity index (χ0) is 16.1. The molecule has 1 N–H and O–H groups in total. The number of carboxylic acid groups (broad SMARTS) is 1. The summed E-state index contributed by atoms with van der Waals surface area (Å²) in [5, 5.41) is 17.6. The first-order valence-corrected chi connectivity index (χ1v) is 7.28. The summed E-state index contributed by atoms with van der Waals surface area (Å²) >= 11 is 0. The van der Waals surface area contributed by atoms with Gasteiger partial charge in [-0.1, -0.05) is 0 Å². The molecule has 1 aliphatic heterocycles. The van der Waals surface area contributed by atoms with E-state index < -0.39 is 11.9 Å². The van der Waals surface area contributed by atoms with Crippen LogP contribution in [0.2, 0.25) is 0 Å². The number of hydrogen-bond acceptors (Lipinski definition) is 3. The summed E-state index contributed by atoms with van der Waals surface area (Å²) in [5.74, 6) is 0.149. The second-order valence-corrected chi connectivity index (χ2v) is 5.58. The summed E-state index contributed by atoms with van der Waals surface area (Å²) in [6, 6.07) is 4.61. The van der Waals surface area contributed by atoms with Crippen LogP contribution in [0.5, 0.6) is 5.75 Å². The third-order valence-electron chi connectivity index (χ3n) is 4.02. The molecule has 22 heavy (non-hydrogen) atoms. The molecule has 1 aromatic carbocycles. The minimum Gasteiger partial charge on any atom is -0.478 e. The highest BCUT2D eigenvalue weighted by molar-refractivity contribution is 5.65. The van der Waals surface area contributed by atoms with Gasteiger partial charge in [-0.3, -0.25) is 0 Å². The minimum atomic E-state index is -0.904. The van der Waals surface area contributed by atoms with Gasteiger partial charge in [-0.05, 0) is 49.3 Å². The van der Waals surface area contributed by atoms with E-state index in [0.29, 0.717) is 25.3 Å². The van der Waals surface area contributed by atoms with Crippen molar-refractivity contribution < 1.29 is 19.0 Å². The highest BCUT2D eigenvalue weighted by Crippen LogP contribution is 2.28. The second-order valence-electron chi connectivity index (χ2n) is 5.58. The molecule has 1 saturated heterocycles. The maximum atomic E-state index is 13.7. The van der Waals surface area contributed by atoms with Crippen molar-refractivity contribution in [2.24, 2.45) is 5.92 Å². The first kappa shape index (κ1) is 16.1. The van der Waals surface area contributed by atoms with Crippen molar-refractivity contribution in [3.63, 3.8) is 0 Å². The Morgan fingerprint density at radius 1 is 1.59 bits per heavy atom. The molecule has 1 amide bonds. The van der Waals surface area contributed by atoms with Crippen LogP contribution in [0, 0.1) is 30.0 Å². The van der Waals surface area contributed by atoms with Crippen LogP contribution in [-0.2, 0) is 6.42 Å². The number of hydrogen-bond donors (Lipinski definition) is 1. The van der Waals surface area contributed by atoms with Crippen molar-refractivity contribution in [3.8, 4) is 11.8 Å². The van der Waals surface area contributed by atoms with E-state index in [1.807, 2.05) is 13.0 Å².